The van der Waals surface area contributed by atoms with Crippen molar-refractivity contribution in [1.29, 1.82) is 0 Å². The first-order chi connectivity index (χ1) is 11.0. The predicted octanol–water partition coefficient (Wildman–Crippen LogP) is 1.30. The van der Waals surface area contributed by atoms with Crippen molar-refractivity contribution in [3.63, 3.8) is 0 Å². The number of anilines is 1. The van der Waals surface area contributed by atoms with Crippen LogP contribution in [0.25, 0.3) is 11.1 Å². The maximum absolute atomic E-state index is 11.8. The Kier molecular flexibility index (Phi) is 5.72. The summed E-state index contributed by atoms with van der Waals surface area (Å²) in [6.07, 6.45) is 3.54. The van der Waals surface area contributed by atoms with E-state index in [2.05, 4.69) is 15.5 Å². The van der Waals surface area contributed by atoms with Crippen molar-refractivity contribution in [2.24, 2.45) is 5.73 Å². The van der Waals surface area contributed by atoms with Gasteiger partial charge in [0.2, 0.25) is 5.91 Å². The maximum Gasteiger partial charge on any atom is 0.241 e. The average molecular weight is 317 g/mol. The molecule has 0 aliphatic rings. The molecule has 0 fully saturated rings. The van der Waals surface area contributed by atoms with Crippen molar-refractivity contribution in [3.8, 4) is 16.9 Å². The van der Waals surface area contributed by atoms with Crippen LogP contribution in [0.15, 0.2) is 30.6 Å². The molecule has 1 amide bonds. The summed E-state index contributed by atoms with van der Waals surface area (Å²) >= 11 is 0. The third-order valence-corrected chi connectivity index (χ3v) is 3.28. The van der Waals surface area contributed by atoms with Gasteiger partial charge in [-0.3, -0.25) is 9.89 Å². The number of amides is 1. The molecule has 4 N–H and O–H groups in total. The maximum atomic E-state index is 11.8. The van der Waals surface area contributed by atoms with E-state index in [0.29, 0.717) is 18.0 Å². The first-order valence-electron chi connectivity index (χ1n) is 7.44. The molecule has 124 valence electrons. The van der Waals surface area contributed by atoms with E-state index in [9.17, 15) is 4.79 Å². The fourth-order valence-corrected chi connectivity index (χ4v) is 1.92. The molecule has 0 bridgehead atoms. The van der Waals surface area contributed by atoms with E-state index in [0.717, 1.165) is 17.7 Å². The molecule has 2 rings (SSSR count). The van der Waals surface area contributed by atoms with Gasteiger partial charge >= 0.3 is 0 Å². The number of hydrogen-bond acceptors (Lipinski definition) is 5. The van der Waals surface area contributed by atoms with Crippen LogP contribution in [0.2, 0.25) is 0 Å². The van der Waals surface area contributed by atoms with Crippen LogP contribution in [0.1, 0.15) is 6.92 Å². The molecule has 23 heavy (non-hydrogen) atoms. The van der Waals surface area contributed by atoms with Gasteiger partial charge in [0.05, 0.1) is 17.9 Å². The number of nitrogens with one attached hydrogen (secondary N) is 2. The highest BCUT2D eigenvalue weighted by molar-refractivity contribution is 5.96. The van der Waals surface area contributed by atoms with E-state index in [1.807, 2.05) is 37.2 Å². The number of nitrogens with two attached hydrogens (primary N) is 1. The number of carbonyl (C=O) groups excluding carboxylic acids is 1. The quantitative estimate of drug-likeness (QED) is 0.715. The first kappa shape index (κ1) is 17.0. The Bertz CT molecular complexity index is 638. The molecule has 7 heteroatoms. The minimum atomic E-state index is -0.585. The molecule has 0 radical (unpaired) electrons. The van der Waals surface area contributed by atoms with Gasteiger partial charge in [0.15, 0.2) is 0 Å². The van der Waals surface area contributed by atoms with Crippen LogP contribution in [-0.4, -0.2) is 54.3 Å². The Balaban J connectivity index is 2.23. The Hall–Kier alpha value is -2.38. The van der Waals surface area contributed by atoms with Crippen molar-refractivity contribution in [2.75, 3.05) is 32.6 Å². The van der Waals surface area contributed by atoms with Crippen LogP contribution < -0.4 is 15.8 Å². The fraction of sp³-hybridized carbons (Fsp3) is 0.375. The Morgan fingerprint density at radius 3 is 2.83 bits per heavy atom. The number of aromatic nitrogens is 2. The SMILES string of the molecule is C[C@H](N)C(=O)Nc1ccc(-c2cn[nH]c2)cc1OCCN(C)C. The molecule has 2 aromatic rings. The highest BCUT2D eigenvalue weighted by Gasteiger charge is 2.13. The van der Waals surface area contributed by atoms with Crippen molar-refractivity contribution >= 4 is 11.6 Å². The lowest BCUT2D eigenvalue weighted by Crippen LogP contribution is -2.32. The Morgan fingerprint density at radius 2 is 2.22 bits per heavy atom. The summed E-state index contributed by atoms with van der Waals surface area (Å²) < 4.78 is 5.84. The van der Waals surface area contributed by atoms with Crippen molar-refractivity contribution < 1.29 is 9.53 Å². The number of rotatable bonds is 7. The number of benzene rings is 1. The van der Waals surface area contributed by atoms with Gasteiger partial charge in [-0.05, 0) is 38.7 Å². The zero-order chi connectivity index (χ0) is 16.8. The molecule has 1 atom stereocenters. The van der Waals surface area contributed by atoms with Gasteiger partial charge in [0.25, 0.3) is 0 Å². The molecule has 0 aliphatic heterocycles. The second-order valence-corrected chi connectivity index (χ2v) is 5.63. The summed E-state index contributed by atoms with van der Waals surface area (Å²) in [6, 6.07) is 5.02. The van der Waals surface area contributed by atoms with E-state index < -0.39 is 6.04 Å². The summed E-state index contributed by atoms with van der Waals surface area (Å²) in [5.41, 5.74) is 8.13. The first-order valence-corrected chi connectivity index (χ1v) is 7.44. The second-order valence-electron chi connectivity index (χ2n) is 5.63. The van der Waals surface area contributed by atoms with Crippen LogP contribution in [0.5, 0.6) is 5.75 Å². The van der Waals surface area contributed by atoms with Gasteiger partial charge in [-0.15, -0.1) is 0 Å². The van der Waals surface area contributed by atoms with Gasteiger partial charge in [-0.2, -0.15) is 5.10 Å². The lowest BCUT2D eigenvalue weighted by atomic mass is 10.1. The van der Waals surface area contributed by atoms with Crippen LogP contribution >= 0.6 is 0 Å². The molecular formula is C16H23N5O2. The number of H-pyrrole nitrogens is 1. The van der Waals surface area contributed by atoms with E-state index in [1.54, 1.807) is 19.3 Å². The van der Waals surface area contributed by atoms with Gasteiger partial charge in [-0.25, -0.2) is 0 Å². The van der Waals surface area contributed by atoms with Gasteiger partial charge in [0, 0.05) is 18.3 Å². The predicted molar refractivity (Wildman–Crippen MR) is 90.4 cm³/mol. The zero-order valence-electron chi connectivity index (χ0n) is 13.7. The number of hydrogen-bond donors (Lipinski definition) is 3. The van der Waals surface area contributed by atoms with E-state index >= 15 is 0 Å². The monoisotopic (exact) mass is 317 g/mol. The van der Waals surface area contributed by atoms with E-state index in [4.69, 9.17) is 10.5 Å². The molecule has 7 nitrogen and oxygen atoms in total. The van der Waals surface area contributed by atoms with Gasteiger partial charge < -0.3 is 20.7 Å². The molecule has 0 saturated heterocycles. The topological polar surface area (TPSA) is 96.3 Å². The lowest BCUT2D eigenvalue weighted by molar-refractivity contribution is -0.117. The van der Waals surface area contributed by atoms with Crippen molar-refractivity contribution in [2.45, 2.75) is 13.0 Å². The van der Waals surface area contributed by atoms with E-state index in [1.165, 1.54) is 0 Å². The number of likely N-dealkylation sites (N-methyl/N-ethyl adjacent to an activating group) is 1. The normalized spacial score (nSPS) is 12.2. The standard InChI is InChI=1S/C16H23N5O2/c1-11(17)16(22)20-14-5-4-12(13-9-18-19-10-13)8-15(14)23-7-6-21(2)3/h4-5,8-11H,6-7,17H2,1-3H3,(H,18,19)(H,20,22)/t11-/m0/s1. The summed E-state index contributed by atoms with van der Waals surface area (Å²) in [5.74, 6) is 0.359. The minimum Gasteiger partial charge on any atom is -0.490 e. The molecule has 0 saturated carbocycles. The summed E-state index contributed by atoms with van der Waals surface area (Å²) in [4.78, 5) is 13.9. The third kappa shape index (κ3) is 4.80. The Morgan fingerprint density at radius 1 is 1.43 bits per heavy atom. The van der Waals surface area contributed by atoms with Crippen LogP contribution in [0.4, 0.5) is 5.69 Å². The van der Waals surface area contributed by atoms with E-state index in [-0.39, 0.29) is 5.91 Å². The fourth-order valence-electron chi connectivity index (χ4n) is 1.92. The zero-order valence-corrected chi connectivity index (χ0v) is 13.7. The highest BCUT2D eigenvalue weighted by atomic mass is 16.5. The summed E-state index contributed by atoms with van der Waals surface area (Å²) in [6.45, 7) is 2.93. The van der Waals surface area contributed by atoms with Gasteiger partial charge in [-0.1, -0.05) is 6.07 Å². The summed E-state index contributed by atoms with van der Waals surface area (Å²) in [5, 5.41) is 9.53. The van der Waals surface area contributed by atoms with Crippen LogP contribution in [0, 0.1) is 0 Å². The molecular weight excluding hydrogens is 294 g/mol. The number of ether oxygens (including phenoxy) is 1. The van der Waals surface area contributed by atoms with Gasteiger partial charge in [0.1, 0.15) is 12.4 Å². The molecule has 1 aromatic heterocycles. The van der Waals surface area contributed by atoms with Crippen LogP contribution in [-0.2, 0) is 4.79 Å². The average Bonchev–Trinajstić information content (AvgIpc) is 3.02. The van der Waals surface area contributed by atoms with Crippen LogP contribution in [0.3, 0.4) is 0 Å². The molecule has 0 unspecified atom stereocenters. The van der Waals surface area contributed by atoms with Crippen molar-refractivity contribution in [3.05, 3.63) is 30.6 Å². The Labute approximate surface area is 135 Å². The second kappa shape index (κ2) is 7.75. The highest BCUT2D eigenvalue weighted by Crippen LogP contribution is 2.30. The minimum absolute atomic E-state index is 0.251. The number of aromatic amines is 1. The van der Waals surface area contributed by atoms with Crippen molar-refractivity contribution in [1.82, 2.24) is 15.1 Å². The summed E-state index contributed by atoms with van der Waals surface area (Å²) in [7, 11) is 3.95. The molecule has 0 aliphatic carbocycles. The smallest absolute Gasteiger partial charge is 0.241 e. The molecule has 1 aromatic carbocycles. The number of carbonyl (C=O) groups is 1. The number of nitrogens with zero attached hydrogens (tertiary/aromatic N) is 2. The third-order valence-electron chi connectivity index (χ3n) is 3.28. The lowest BCUT2D eigenvalue weighted by Gasteiger charge is -2.16. The molecule has 1 heterocycles. The largest absolute Gasteiger partial charge is 0.490 e. The molecule has 0 spiro atoms.